The van der Waals surface area contributed by atoms with E-state index in [1.54, 1.807) is 19.2 Å². The number of halogens is 1. The number of nitrogens with one attached hydrogen (secondary N) is 1. The summed E-state index contributed by atoms with van der Waals surface area (Å²) in [6.45, 7) is 0.506. The Morgan fingerprint density at radius 1 is 1.29 bits per heavy atom. The molecule has 1 heterocycles. The SMILES string of the molecule is COCCc1ccccc1NS(=O)(=O)c1cnccc1Cl. The number of ether oxygens (including phenoxy) is 1. The van der Waals surface area contributed by atoms with Gasteiger partial charge in [-0.1, -0.05) is 29.8 Å². The lowest BCUT2D eigenvalue weighted by Crippen LogP contribution is -2.15. The van der Waals surface area contributed by atoms with Crippen molar-refractivity contribution in [1.29, 1.82) is 0 Å². The molecule has 0 amide bonds. The van der Waals surface area contributed by atoms with Gasteiger partial charge in [0.1, 0.15) is 4.90 Å². The fraction of sp³-hybridized carbons (Fsp3) is 0.214. The second-order valence-corrected chi connectivity index (χ2v) is 6.37. The summed E-state index contributed by atoms with van der Waals surface area (Å²) < 4.78 is 32.3. The number of hydrogen-bond donors (Lipinski definition) is 1. The number of nitrogens with zero attached hydrogens (tertiary/aromatic N) is 1. The van der Waals surface area contributed by atoms with E-state index in [-0.39, 0.29) is 9.92 Å². The van der Waals surface area contributed by atoms with Crippen LogP contribution in [0.25, 0.3) is 0 Å². The molecule has 2 aromatic rings. The molecule has 5 nitrogen and oxygen atoms in total. The van der Waals surface area contributed by atoms with Crippen molar-refractivity contribution in [2.45, 2.75) is 11.3 Å². The molecule has 0 spiro atoms. The maximum Gasteiger partial charge on any atom is 0.264 e. The van der Waals surface area contributed by atoms with Crippen molar-refractivity contribution in [3.63, 3.8) is 0 Å². The van der Waals surface area contributed by atoms with Crippen LogP contribution >= 0.6 is 11.6 Å². The van der Waals surface area contributed by atoms with Crippen LogP contribution in [0, 0.1) is 0 Å². The Labute approximate surface area is 129 Å². The van der Waals surface area contributed by atoms with E-state index in [9.17, 15) is 8.42 Å². The zero-order valence-corrected chi connectivity index (χ0v) is 13.0. The molecule has 0 radical (unpaired) electrons. The number of para-hydroxylation sites is 1. The highest BCUT2D eigenvalue weighted by Crippen LogP contribution is 2.24. The number of hydrogen-bond acceptors (Lipinski definition) is 4. The topological polar surface area (TPSA) is 68.3 Å². The van der Waals surface area contributed by atoms with E-state index in [4.69, 9.17) is 16.3 Å². The van der Waals surface area contributed by atoms with Crippen LogP contribution < -0.4 is 4.72 Å². The largest absolute Gasteiger partial charge is 0.384 e. The quantitative estimate of drug-likeness (QED) is 0.886. The lowest BCUT2D eigenvalue weighted by atomic mass is 10.1. The molecule has 21 heavy (non-hydrogen) atoms. The van der Waals surface area contributed by atoms with Crippen LogP contribution in [-0.2, 0) is 21.2 Å². The summed E-state index contributed by atoms with van der Waals surface area (Å²) in [4.78, 5) is 3.75. The molecule has 0 bridgehead atoms. The van der Waals surface area contributed by atoms with E-state index < -0.39 is 10.0 Å². The monoisotopic (exact) mass is 326 g/mol. The third kappa shape index (κ3) is 3.93. The molecule has 2 rings (SSSR count). The predicted octanol–water partition coefficient (Wildman–Crippen LogP) is 2.72. The van der Waals surface area contributed by atoms with Crippen LogP contribution in [0.4, 0.5) is 5.69 Å². The van der Waals surface area contributed by atoms with Crippen LogP contribution in [0.2, 0.25) is 5.02 Å². The molecule has 7 heteroatoms. The first-order valence-electron chi connectivity index (χ1n) is 6.24. The number of aromatic nitrogens is 1. The van der Waals surface area contributed by atoms with E-state index >= 15 is 0 Å². The average molecular weight is 327 g/mol. The summed E-state index contributed by atoms with van der Waals surface area (Å²) in [5.74, 6) is 0. The maximum atomic E-state index is 12.4. The first kappa shape index (κ1) is 15.8. The molecule has 0 saturated heterocycles. The molecule has 0 saturated carbocycles. The fourth-order valence-electron chi connectivity index (χ4n) is 1.81. The Balaban J connectivity index is 2.31. The second kappa shape index (κ2) is 6.89. The Kier molecular flexibility index (Phi) is 5.17. The molecule has 0 aliphatic rings. The van der Waals surface area contributed by atoms with Crippen molar-refractivity contribution in [2.75, 3.05) is 18.4 Å². The van der Waals surface area contributed by atoms with Crippen LogP contribution in [0.15, 0.2) is 47.6 Å². The minimum absolute atomic E-state index is 0.0480. The highest BCUT2D eigenvalue weighted by molar-refractivity contribution is 7.92. The van der Waals surface area contributed by atoms with E-state index in [2.05, 4.69) is 9.71 Å². The molecule has 0 unspecified atom stereocenters. The van der Waals surface area contributed by atoms with Crippen molar-refractivity contribution < 1.29 is 13.2 Å². The highest BCUT2D eigenvalue weighted by Gasteiger charge is 2.19. The first-order valence-corrected chi connectivity index (χ1v) is 8.10. The third-order valence-corrected chi connectivity index (χ3v) is 4.70. The number of methoxy groups -OCH3 is 1. The number of rotatable bonds is 6. The molecular weight excluding hydrogens is 312 g/mol. The summed E-state index contributed by atoms with van der Waals surface area (Å²) >= 11 is 5.92. The second-order valence-electron chi connectivity index (χ2n) is 4.31. The zero-order valence-electron chi connectivity index (χ0n) is 11.4. The highest BCUT2D eigenvalue weighted by atomic mass is 35.5. The number of anilines is 1. The molecule has 0 aliphatic heterocycles. The lowest BCUT2D eigenvalue weighted by molar-refractivity contribution is 0.202. The lowest BCUT2D eigenvalue weighted by Gasteiger charge is -2.13. The van der Waals surface area contributed by atoms with Gasteiger partial charge in [-0.2, -0.15) is 0 Å². The minimum atomic E-state index is -3.78. The van der Waals surface area contributed by atoms with E-state index in [0.29, 0.717) is 18.7 Å². The van der Waals surface area contributed by atoms with E-state index in [1.165, 1.54) is 18.5 Å². The van der Waals surface area contributed by atoms with Crippen molar-refractivity contribution >= 4 is 27.3 Å². The Bertz CT molecular complexity index is 720. The minimum Gasteiger partial charge on any atom is -0.384 e. The van der Waals surface area contributed by atoms with Crippen LogP contribution in [0.5, 0.6) is 0 Å². The Morgan fingerprint density at radius 3 is 2.76 bits per heavy atom. The molecule has 112 valence electrons. The zero-order chi connectivity index (χ0) is 15.3. The van der Waals surface area contributed by atoms with Gasteiger partial charge in [0, 0.05) is 19.5 Å². The van der Waals surface area contributed by atoms with Crippen molar-refractivity contribution in [2.24, 2.45) is 0 Å². The van der Waals surface area contributed by atoms with Gasteiger partial charge in [-0.25, -0.2) is 8.42 Å². The number of benzene rings is 1. The van der Waals surface area contributed by atoms with Crippen LogP contribution in [0.3, 0.4) is 0 Å². The summed E-state index contributed by atoms with van der Waals surface area (Å²) in [6.07, 6.45) is 3.27. The maximum absolute atomic E-state index is 12.4. The van der Waals surface area contributed by atoms with Crippen molar-refractivity contribution in [1.82, 2.24) is 4.98 Å². The van der Waals surface area contributed by atoms with Gasteiger partial charge in [0.05, 0.1) is 17.3 Å². The molecule has 0 aliphatic carbocycles. The molecule has 0 fully saturated rings. The van der Waals surface area contributed by atoms with Gasteiger partial charge in [0.15, 0.2) is 0 Å². The van der Waals surface area contributed by atoms with E-state index in [0.717, 1.165) is 5.56 Å². The molecule has 1 N–H and O–H groups in total. The van der Waals surface area contributed by atoms with Crippen molar-refractivity contribution in [3.05, 3.63) is 53.3 Å². The van der Waals surface area contributed by atoms with E-state index in [1.807, 2.05) is 12.1 Å². The summed E-state index contributed by atoms with van der Waals surface area (Å²) in [7, 11) is -2.18. The van der Waals surface area contributed by atoms with Gasteiger partial charge >= 0.3 is 0 Å². The average Bonchev–Trinajstić information content (AvgIpc) is 2.46. The van der Waals surface area contributed by atoms with Gasteiger partial charge in [0.25, 0.3) is 10.0 Å². The predicted molar refractivity (Wildman–Crippen MR) is 82.1 cm³/mol. The normalized spacial score (nSPS) is 11.3. The number of sulfonamides is 1. The Hall–Kier alpha value is -1.63. The molecular formula is C14H15ClN2O3S. The number of pyridine rings is 1. The van der Waals surface area contributed by atoms with Gasteiger partial charge in [-0.3, -0.25) is 9.71 Å². The molecule has 1 aromatic heterocycles. The molecule has 0 atom stereocenters. The Morgan fingerprint density at radius 2 is 2.05 bits per heavy atom. The van der Waals surface area contributed by atoms with Crippen LogP contribution in [0.1, 0.15) is 5.56 Å². The van der Waals surface area contributed by atoms with Gasteiger partial charge in [0.2, 0.25) is 0 Å². The fourth-order valence-corrected chi connectivity index (χ4v) is 3.34. The summed E-state index contributed by atoms with van der Waals surface area (Å²) in [6, 6.07) is 8.60. The summed E-state index contributed by atoms with van der Waals surface area (Å²) in [5.41, 5.74) is 1.36. The van der Waals surface area contributed by atoms with Gasteiger partial charge in [-0.15, -0.1) is 0 Å². The van der Waals surface area contributed by atoms with Crippen molar-refractivity contribution in [3.8, 4) is 0 Å². The standard InChI is InChI=1S/C14H15ClN2O3S/c1-20-9-7-11-4-2-3-5-13(11)17-21(18,19)14-10-16-8-6-12(14)15/h2-6,8,10,17H,7,9H2,1H3. The summed E-state index contributed by atoms with van der Waals surface area (Å²) in [5, 5.41) is 0.131. The smallest absolute Gasteiger partial charge is 0.264 e. The van der Waals surface area contributed by atoms with Gasteiger partial charge in [-0.05, 0) is 24.1 Å². The molecule has 1 aromatic carbocycles. The first-order chi connectivity index (χ1) is 10.0. The van der Waals surface area contributed by atoms with Gasteiger partial charge < -0.3 is 4.74 Å². The van der Waals surface area contributed by atoms with Crippen LogP contribution in [-0.4, -0.2) is 27.1 Å². The third-order valence-electron chi connectivity index (χ3n) is 2.86.